The molecule has 1 saturated heterocycles. The number of carbonyl (C=O) groups is 5. The van der Waals surface area contributed by atoms with Gasteiger partial charge in [0.25, 0.3) is 5.91 Å². The third kappa shape index (κ3) is 8.50. The van der Waals surface area contributed by atoms with Crippen LogP contribution in [0, 0.1) is 0 Å². The molecule has 0 spiro atoms. The Kier molecular flexibility index (Phi) is 12.3. The predicted molar refractivity (Wildman–Crippen MR) is 178 cm³/mol. The number of nitrogens with one attached hydrogen (secondary N) is 1. The van der Waals surface area contributed by atoms with Crippen LogP contribution in [0.5, 0.6) is 5.75 Å². The minimum Gasteiger partial charge on any atom is -0.496 e. The highest BCUT2D eigenvalue weighted by Crippen LogP contribution is 2.39. The predicted octanol–water partition coefficient (Wildman–Crippen LogP) is 4.29. The van der Waals surface area contributed by atoms with Crippen LogP contribution >= 0.6 is 0 Å². The zero-order chi connectivity index (χ0) is 36.0. The molecule has 0 radical (unpaired) electrons. The summed E-state index contributed by atoms with van der Waals surface area (Å²) < 4.78 is 35.7. The fraction of sp³-hybridized carbons (Fsp3) is 0.485. The first-order chi connectivity index (χ1) is 22.5. The quantitative estimate of drug-likeness (QED) is 0.192. The van der Waals surface area contributed by atoms with Crippen molar-refractivity contribution in [2.45, 2.75) is 84.7 Å². The van der Waals surface area contributed by atoms with Crippen LogP contribution in [-0.2, 0) is 42.0 Å². The van der Waals surface area contributed by atoms with Crippen molar-refractivity contribution in [1.82, 2.24) is 9.21 Å². The highest BCUT2D eigenvalue weighted by atomic mass is 32.2. The Morgan fingerprint density at radius 2 is 1.69 bits per heavy atom. The van der Waals surface area contributed by atoms with E-state index in [0.717, 1.165) is 9.21 Å². The van der Waals surface area contributed by atoms with E-state index in [1.54, 1.807) is 44.2 Å². The second-order valence-corrected chi connectivity index (χ2v) is 13.6. The lowest BCUT2D eigenvalue weighted by Crippen LogP contribution is -2.53. The third-order valence-electron chi connectivity index (χ3n) is 8.22. The standard InChI is InChI=1S/C33H44N4O10S/c1-8-10-27(39)47-20-36-26(38)15-16-35(31(36)43)23-17-24(28(46-7)25(18-23)32(3,4)5)29(40)34-22-13-11-21(12-14-22)19-37(48(44)45)33(6,9-2)30(41)42/h11-14,17-18,48H,8-10,15-16,19-20H2,1-7H3,(H,34,40)(H,41,42). The number of rotatable bonds is 14. The van der Waals surface area contributed by atoms with Gasteiger partial charge in [0.15, 0.2) is 6.73 Å². The Balaban J connectivity index is 1.94. The number of amides is 4. The van der Waals surface area contributed by atoms with Crippen LogP contribution in [0.15, 0.2) is 36.4 Å². The molecule has 1 aliphatic heterocycles. The van der Waals surface area contributed by atoms with Crippen LogP contribution in [0.1, 0.15) is 88.7 Å². The number of carbonyl (C=O) groups excluding carboxylic acids is 4. The molecule has 0 aliphatic carbocycles. The SMILES string of the molecule is CCCC(=O)OCN1C(=O)CCN(c2cc(C(=O)Nc3ccc(CN([SH](=O)=O)C(C)(CC)C(=O)O)cc3)c(OC)c(C(C)(C)C)c2)C1=O. The van der Waals surface area contributed by atoms with E-state index >= 15 is 0 Å². The van der Waals surface area contributed by atoms with Gasteiger partial charge in [0, 0.05) is 42.9 Å². The average Bonchev–Trinajstić information content (AvgIpc) is 3.02. The van der Waals surface area contributed by atoms with Gasteiger partial charge in [0.2, 0.25) is 16.8 Å². The molecule has 14 nitrogen and oxygen atoms in total. The van der Waals surface area contributed by atoms with Crippen LogP contribution in [0.4, 0.5) is 16.2 Å². The molecule has 1 atom stereocenters. The highest BCUT2D eigenvalue weighted by Gasteiger charge is 2.40. The van der Waals surface area contributed by atoms with Gasteiger partial charge in [-0.1, -0.05) is 46.8 Å². The smallest absolute Gasteiger partial charge is 0.333 e. The number of carboxylic acids is 1. The summed E-state index contributed by atoms with van der Waals surface area (Å²) in [5.41, 5.74) is -0.225. The topological polar surface area (TPSA) is 180 Å². The van der Waals surface area contributed by atoms with Gasteiger partial charge in [-0.05, 0) is 55.0 Å². The van der Waals surface area contributed by atoms with Crippen molar-refractivity contribution in [3.63, 3.8) is 0 Å². The number of ether oxygens (including phenoxy) is 2. The molecular weight excluding hydrogens is 644 g/mol. The van der Waals surface area contributed by atoms with Gasteiger partial charge >= 0.3 is 18.0 Å². The molecule has 1 aliphatic rings. The molecule has 3 rings (SSSR count). The van der Waals surface area contributed by atoms with Crippen LogP contribution < -0.4 is 15.0 Å². The fourth-order valence-corrected chi connectivity index (χ4v) is 5.97. The number of hydrogen-bond acceptors (Lipinski definition) is 9. The molecule has 0 aromatic heterocycles. The molecule has 2 N–H and O–H groups in total. The normalized spacial score (nSPS) is 15.0. The number of thiol groups is 1. The van der Waals surface area contributed by atoms with Gasteiger partial charge in [-0.3, -0.25) is 24.1 Å². The Morgan fingerprint density at radius 1 is 1.04 bits per heavy atom. The van der Waals surface area contributed by atoms with E-state index in [9.17, 15) is 37.5 Å². The number of carboxylic acid groups (broad SMARTS) is 1. The molecule has 0 saturated carbocycles. The maximum Gasteiger partial charge on any atom is 0.333 e. The number of benzene rings is 2. The molecule has 1 heterocycles. The van der Waals surface area contributed by atoms with Gasteiger partial charge in [-0.15, -0.1) is 0 Å². The van der Waals surface area contributed by atoms with Crippen molar-refractivity contribution in [2.75, 3.05) is 30.6 Å². The lowest BCUT2D eigenvalue weighted by molar-refractivity contribution is -0.151. The van der Waals surface area contributed by atoms with E-state index in [4.69, 9.17) is 9.47 Å². The van der Waals surface area contributed by atoms with Gasteiger partial charge in [0.05, 0.1) is 12.7 Å². The maximum absolute atomic E-state index is 13.8. The van der Waals surface area contributed by atoms with Crippen molar-refractivity contribution >= 4 is 52.0 Å². The summed E-state index contributed by atoms with van der Waals surface area (Å²) in [6, 6.07) is 8.81. The van der Waals surface area contributed by atoms with E-state index < -0.39 is 58.4 Å². The van der Waals surface area contributed by atoms with Crippen molar-refractivity contribution in [3.8, 4) is 5.75 Å². The van der Waals surface area contributed by atoms with E-state index in [1.807, 2.05) is 20.8 Å². The lowest BCUT2D eigenvalue weighted by Gasteiger charge is -2.35. The van der Waals surface area contributed by atoms with E-state index in [1.165, 1.54) is 25.0 Å². The first kappa shape index (κ1) is 38.0. The molecule has 1 fully saturated rings. The number of aliphatic carboxylic acids is 1. The first-order valence-corrected chi connectivity index (χ1v) is 16.7. The molecule has 2 aromatic rings. The molecule has 262 valence electrons. The summed E-state index contributed by atoms with van der Waals surface area (Å²) in [4.78, 5) is 65.9. The molecule has 15 heteroatoms. The summed E-state index contributed by atoms with van der Waals surface area (Å²) in [7, 11) is -1.78. The summed E-state index contributed by atoms with van der Waals surface area (Å²) in [6.45, 7) is 9.84. The minimum absolute atomic E-state index is 0.0241. The second-order valence-electron chi connectivity index (χ2n) is 12.6. The van der Waals surface area contributed by atoms with Crippen molar-refractivity contribution in [2.24, 2.45) is 0 Å². The average molecular weight is 689 g/mol. The van der Waals surface area contributed by atoms with E-state index in [-0.39, 0.29) is 43.7 Å². The van der Waals surface area contributed by atoms with E-state index in [2.05, 4.69) is 5.32 Å². The number of anilines is 2. The second kappa shape index (κ2) is 15.6. The summed E-state index contributed by atoms with van der Waals surface area (Å²) >= 11 is 0. The van der Waals surface area contributed by atoms with Crippen molar-refractivity contribution in [1.29, 1.82) is 0 Å². The zero-order valence-electron chi connectivity index (χ0n) is 28.3. The van der Waals surface area contributed by atoms with Gasteiger partial charge < -0.3 is 19.9 Å². The Hall–Kier alpha value is -4.50. The lowest BCUT2D eigenvalue weighted by atomic mass is 9.84. The zero-order valence-corrected chi connectivity index (χ0v) is 29.2. The molecule has 4 amide bonds. The minimum atomic E-state index is -3.21. The molecular formula is C33H44N4O10S. The van der Waals surface area contributed by atoms with Crippen molar-refractivity contribution < 1.29 is 47.0 Å². The highest BCUT2D eigenvalue weighted by molar-refractivity contribution is 7.69. The number of esters is 1. The number of methoxy groups -OCH3 is 1. The van der Waals surface area contributed by atoms with Crippen molar-refractivity contribution in [3.05, 3.63) is 53.1 Å². The number of nitrogens with zero attached hydrogens (tertiary/aromatic N) is 3. The Morgan fingerprint density at radius 3 is 2.21 bits per heavy atom. The van der Waals surface area contributed by atoms with Gasteiger partial charge in [-0.2, -0.15) is 4.31 Å². The Labute approximate surface area is 282 Å². The molecule has 2 aromatic carbocycles. The molecule has 0 bridgehead atoms. The monoisotopic (exact) mass is 688 g/mol. The first-order valence-electron chi connectivity index (χ1n) is 15.5. The largest absolute Gasteiger partial charge is 0.496 e. The number of imide groups is 1. The maximum atomic E-state index is 13.8. The molecule has 48 heavy (non-hydrogen) atoms. The van der Waals surface area contributed by atoms with E-state index in [0.29, 0.717) is 28.9 Å². The summed E-state index contributed by atoms with van der Waals surface area (Å²) in [5.74, 6) is -2.56. The van der Waals surface area contributed by atoms with Crippen LogP contribution in [0.2, 0.25) is 0 Å². The summed E-state index contributed by atoms with van der Waals surface area (Å²) in [6.07, 6.45) is 0.735. The van der Waals surface area contributed by atoms with Gasteiger partial charge in [0.1, 0.15) is 11.3 Å². The summed E-state index contributed by atoms with van der Waals surface area (Å²) in [5, 5.41) is 12.5. The van der Waals surface area contributed by atoms with Crippen LogP contribution in [-0.4, -0.2) is 78.4 Å². The van der Waals surface area contributed by atoms with Crippen LogP contribution in [0.3, 0.4) is 0 Å². The number of hydrogen-bond donors (Lipinski definition) is 3. The number of urea groups is 1. The van der Waals surface area contributed by atoms with Crippen LogP contribution in [0.25, 0.3) is 0 Å². The fourth-order valence-electron chi connectivity index (χ4n) is 5.11. The Bertz CT molecular complexity index is 1630. The molecule has 1 unspecified atom stereocenters. The third-order valence-corrected chi connectivity index (χ3v) is 9.20. The van der Waals surface area contributed by atoms with Gasteiger partial charge in [-0.25, -0.2) is 18.1 Å².